The molecule has 0 amide bonds. The summed E-state index contributed by atoms with van der Waals surface area (Å²) in [7, 11) is 0. The Hall–Kier alpha value is -0.810. The molecule has 1 aliphatic heterocycles. The molecule has 0 aromatic carbocycles. The average Bonchev–Trinajstić information content (AvgIpc) is 2.19. The summed E-state index contributed by atoms with van der Waals surface area (Å²) in [6.45, 7) is 0.923. The smallest absolute Gasteiger partial charge is 0.0641 e. The molecule has 0 saturated heterocycles. The Labute approximate surface area is 48.8 Å². The lowest BCUT2D eigenvalue weighted by Gasteiger charge is -1.99. The Morgan fingerprint density at radius 2 is 2.75 bits per heavy atom. The minimum atomic E-state index is 0.319. The maximum absolute atomic E-state index is 8.20. The molecule has 0 aromatic rings. The fraction of sp³-hybridized carbons (Fsp3) is 0.500. The van der Waals surface area contributed by atoms with Gasteiger partial charge in [0.15, 0.2) is 0 Å². The lowest BCUT2D eigenvalue weighted by molar-refractivity contribution is 0.682. The van der Waals surface area contributed by atoms with Crippen LogP contribution < -0.4 is 5.32 Å². The lowest BCUT2D eigenvalue weighted by Crippen LogP contribution is -2.20. The third-order valence-corrected chi connectivity index (χ3v) is 1.18. The predicted octanol–water partition coefficient (Wildman–Crippen LogP) is 0.428. The molecule has 2 heteroatoms. The van der Waals surface area contributed by atoms with Gasteiger partial charge in [-0.25, -0.2) is 0 Å². The third-order valence-electron chi connectivity index (χ3n) is 1.18. The van der Waals surface area contributed by atoms with E-state index in [1.807, 2.05) is 12.2 Å². The third kappa shape index (κ3) is 1.08. The van der Waals surface area contributed by atoms with Crippen LogP contribution in [-0.4, -0.2) is 12.6 Å². The van der Waals surface area contributed by atoms with Crippen LogP contribution in [0.15, 0.2) is 12.2 Å². The highest BCUT2D eigenvalue weighted by Gasteiger charge is 2.04. The van der Waals surface area contributed by atoms with E-state index in [1.165, 1.54) is 0 Å². The molecule has 1 atom stereocenters. The van der Waals surface area contributed by atoms with Crippen LogP contribution in [0.25, 0.3) is 0 Å². The Bertz CT molecular complexity index is 132. The lowest BCUT2D eigenvalue weighted by atomic mass is 10.2. The van der Waals surface area contributed by atoms with Crippen LogP contribution in [0.4, 0.5) is 0 Å². The minimum absolute atomic E-state index is 0.319. The van der Waals surface area contributed by atoms with Gasteiger partial charge in [-0.1, -0.05) is 12.2 Å². The van der Waals surface area contributed by atoms with E-state index >= 15 is 0 Å². The van der Waals surface area contributed by atoms with E-state index in [9.17, 15) is 0 Å². The normalized spacial score (nSPS) is 25.6. The highest BCUT2D eigenvalue weighted by atomic mass is 14.9. The molecule has 0 aromatic heterocycles. The van der Waals surface area contributed by atoms with E-state index in [4.69, 9.17) is 5.26 Å². The molecule has 0 spiro atoms. The first-order valence-electron chi connectivity index (χ1n) is 2.70. The van der Waals surface area contributed by atoms with E-state index in [0.717, 1.165) is 6.54 Å². The standard InChI is InChI=1S/C6H8N2/c7-4-3-6-2-1-5-8-6/h1-2,6,8H,3,5H2. The van der Waals surface area contributed by atoms with Crippen LogP contribution in [-0.2, 0) is 0 Å². The molecule has 1 unspecified atom stereocenters. The van der Waals surface area contributed by atoms with Crippen LogP contribution in [0.1, 0.15) is 6.42 Å². The number of hydrogen-bond acceptors (Lipinski definition) is 2. The van der Waals surface area contributed by atoms with Crippen LogP contribution in [0.2, 0.25) is 0 Å². The first kappa shape index (κ1) is 5.33. The van der Waals surface area contributed by atoms with Crippen LogP contribution >= 0.6 is 0 Å². The van der Waals surface area contributed by atoms with Crippen molar-refractivity contribution in [2.45, 2.75) is 12.5 Å². The van der Waals surface area contributed by atoms with Crippen molar-refractivity contribution in [1.82, 2.24) is 5.32 Å². The summed E-state index contributed by atoms with van der Waals surface area (Å²) in [4.78, 5) is 0. The molecular weight excluding hydrogens is 100 g/mol. The maximum Gasteiger partial charge on any atom is 0.0641 e. The van der Waals surface area contributed by atoms with Gasteiger partial charge in [0, 0.05) is 12.6 Å². The Kier molecular flexibility index (Phi) is 1.66. The zero-order valence-corrected chi connectivity index (χ0v) is 4.59. The van der Waals surface area contributed by atoms with Crippen molar-refractivity contribution in [2.24, 2.45) is 0 Å². The largest absolute Gasteiger partial charge is 0.306 e. The van der Waals surface area contributed by atoms with Crippen molar-refractivity contribution in [3.8, 4) is 6.07 Å². The molecular formula is C6H8N2. The van der Waals surface area contributed by atoms with E-state index in [1.54, 1.807) is 0 Å². The van der Waals surface area contributed by atoms with Gasteiger partial charge in [-0.3, -0.25) is 0 Å². The zero-order valence-electron chi connectivity index (χ0n) is 4.59. The number of nitrogens with one attached hydrogen (secondary N) is 1. The fourth-order valence-corrected chi connectivity index (χ4v) is 0.758. The molecule has 0 fully saturated rings. The second-order valence-electron chi connectivity index (χ2n) is 1.81. The Morgan fingerprint density at radius 1 is 1.88 bits per heavy atom. The zero-order chi connectivity index (χ0) is 5.82. The molecule has 42 valence electrons. The van der Waals surface area contributed by atoms with Crippen molar-refractivity contribution in [3.05, 3.63) is 12.2 Å². The average molecular weight is 108 g/mol. The minimum Gasteiger partial charge on any atom is -0.306 e. The summed E-state index contributed by atoms with van der Waals surface area (Å²) in [5.74, 6) is 0. The number of nitrogens with zero attached hydrogens (tertiary/aromatic N) is 1. The summed E-state index contributed by atoms with van der Waals surface area (Å²) in [6, 6.07) is 2.42. The quantitative estimate of drug-likeness (QED) is 0.494. The highest BCUT2D eigenvalue weighted by Crippen LogP contribution is 1.97. The molecule has 2 nitrogen and oxygen atoms in total. The van der Waals surface area contributed by atoms with E-state index in [-0.39, 0.29) is 0 Å². The van der Waals surface area contributed by atoms with Gasteiger partial charge in [-0.2, -0.15) is 5.26 Å². The van der Waals surface area contributed by atoms with Crippen molar-refractivity contribution < 1.29 is 0 Å². The second kappa shape index (κ2) is 2.49. The molecule has 8 heavy (non-hydrogen) atoms. The summed E-state index contributed by atoms with van der Waals surface area (Å²) in [5.41, 5.74) is 0. The highest BCUT2D eigenvalue weighted by molar-refractivity contribution is 5.04. The van der Waals surface area contributed by atoms with Gasteiger partial charge in [0.1, 0.15) is 0 Å². The second-order valence-corrected chi connectivity index (χ2v) is 1.81. The summed E-state index contributed by atoms with van der Waals surface area (Å²) >= 11 is 0. The number of nitriles is 1. The van der Waals surface area contributed by atoms with Gasteiger partial charge in [-0.15, -0.1) is 0 Å². The van der Waals surface area contributed by atoms with E-state index in [0.29, 0.717) is 12.5 Å². The first-order chi connectivity index (χ1) is 3.93. The van der Waals surface area contributed by atoms with E-state index < -0.39 is 0 Å². The number of rotatable bonds is 1. The molecule has 0 radical (unpaired) electrons. The number of hydrogen-bond donors (Lipinski definition) is 1. The maximum atomic E-state index is 8.20. The fourth-order valence-electron chi connectivity index (χ4n) is 0.758. The van der Waals surface area contributed by atoms with Gasteiger partial charge in [0.25, 0.3) is 0 Å². The monoisotopic (exact) mass is 108 g/mol. The van der Waals surface area contributed by atoms with Gasteiger partial charge < -0.3 is 5.32 Å². The predicted molar refractivity (Wildman–Crippen MR) is 31.2 cm³/mol. The molecule has 1 aliphatic rings. The molecule has 1 rings (SSSR count). The van der Waals surface area contributed by atoms with Crippen LogP contribution in [0.5, 0.6) is 0 Å². The molecule has 1 N–H and O–H groups in total. The summed E-state index contributed by atoms with van der Waals surface area (Å²) in [5, 5.41) is 11.3. The van der Waals surface area contributed by atoms with Crippen LogP contribution in [0.3, 0.4) is 0 Å². The topological polar surface area (TPSA) is 35.8 Å². The van der Waals surface area contributed by atoms with Crippen molar-refractivity contribution >= 4 is 0 Å². The molecule has 0 aliphatic carbocycles. The SMILES string of the molecule is N#CCC1C=CCN1. The van der Waals surface area contributed by atoms with Crippen molar-refractivity contribution in [1.29, 1.82) is 5.26 Å². The van der Waals surface area contributed by atoms with E-state index in [2.05, 4.69) is 11.4 Å². The van der Waals surface area contributed by atoms with Crippen molar-refractivity contribution in [2.75, 3.05) is 6.54 Å². The van der Waals surface area contributed by atoms with Gasteiger partial charge in [0.05, 0.1) is 12.5 Å². The Morgan fingerprint density at radius 3 is 3.25 bits per heavy atom. The summed E-state index contributed by atoms with van der Waals surface area (Å²) in [6.07, 6.45) is 4.67. The van der Waals surface area contributed by atoms with Crippen molar-refractivity contribution in [3.63, 3.8) is 0 Å². The van der Waals surface area contributed by atoms with Gasteiger partial charge >= 0.3 is 0 Å². The van der Waals surface area contributed by atoms with Crippen LogP contribution in [0, 0.1) is 11.3 Å². The molecule has 1 heterocycles. The molecule has 0 saturated carbocycles. The van der Waals surface area contributed by atoms with Gasteiger partial charge in [0.2, 0.25) is 0 Å². The summed E-state index contributed by atoms with van der Waals surface area (Å²) < 4.78 is 0. The Balaban J connectivity index is 2.28. The first-order valence-corrected chi connectivity index (χ1v) is 2.70. The van der Waals surface area contributed by atoms with Gasteiger partial charge in [-0.05, 0) is 0 Å². The molecule has 0 bridgehead atoms.